The van der Waals surface area contributed by atoms with Crippen LogP contribution in [0.25, 0.3) is 0 Å². The van der Waals surface area contributed by atoms with Crippen LogP contribution in [0.2, 0.25) is 0 Å². The van der Waals surface area contributed by atoms with E-state index < -0.39 is 0 Å². The van der Waals surface area contributed by atoms with Crippen molar-refractivity contribution >= 4 is 5.91 Å². The molecule has 0 spiro atoms. The van der Waals surface area contributed by atoms with Crippen molar-refractivity contribution in [2.24, 2.45) is 5.73 Å². The first-order valence-electron chi connectivity index (χ1n) is 5.72. The minimum Gasteiger partial charge on any atom is -0.352 e. The molecule has 1 aromatic rings. The van der Waals surface area contributed by atoms with Crippen LogP contribution >= 0.6 is 0 Å². The van der Waals surface area contributed by atoms with Crippen molar-refractivity contribution < 1.29 is 4.79 Å². The van der Waals surface area contributed by atoms with Gasteiger partial charge < -0.3 is 11.1 Å². The minimum atomic E-state index is -0.0820. The average molecular weight is 220 g/mol. The van der Waals surface area contributed by atoms with Crippen molar-refractivity contribution in [1.29, 1.82) is 0 Å². The maximum atomic E-state index is 11.4. The molecule has 1 unspecified atom stereocenters. The molecule has 0 aliphatic rings. The molecule has 3 nitrogen and oxygen atoms in total. The molecule has 0 bridgehead atoms. The molecule has 1 amide bonds. The molecule has 0 fully saturated rings. The van der Waals surface area contributed by atoms with Crippen LogP contribution in [0.5, 0.6) is 0 Å². The van der Waals surface area contributed by atoms with Crippen LogP contribution in [0.1, 0.15) is 31.4 Å². The summed E-state index contributed by atoms with van der Waals surface area (Å²) in [4.78, 5) is 11.4. The van der Waals surface area contributed by atoms with Crippen LogP contribution in [0.4, 0.5) is 0 Å². The summed E-state index contributed by atoms with van der Waals surface area (Å²) in [6.07, 6.45) is 1.37. The van der Waals surface area contributed by atoms with Crippen LogP contribution in [-0.2, 0) is 17.8 Å². The molecule has 0 saturated heterocycles. The van der Waals surface area contributed by atoms with E-state index in [1.54, 1.807) is 0 Å². The summed E-state index contributed by atoms with van der Waals surface area (Å²) in [5, 5.41) is 2.89. The molecule has 3 N–H and O–H groups in total. The number of carbonyl (C=O) groups excluding carboxylic acids is 1. The highest BCUT2D eigenvalue weighted by Crippen LogP contribution is 2.08. The second-order valence-corrected chi connectivity index (χ2v) is 4.08. The molecule has 16 heavy (non-hydrogen) atoms. The summed E-state index contributed by atoms with van der Waals surface area (Å²) in [5.74, 6) is 0.0147. The van der Waals surface area contributed by atoms with Gasteiger partial charge in [-0.25, -0.2) is 0 Å². The Morgan fingerprint density at radius 2 is 2.00 bits per heavy atom. The maximum absolute atomic E-state index is 11.4. The van der Waals surface area contributed by atoms with E-state index in [9.17, 15) is 4.79 Å². The van der Waals surface area contributed by atoms with Gasteiger partial charge in [0.05, 0.1) is 0 Å². The highest BCUT2D eigenvalue weighted by molar-refractivity contribution is 5.76. The first-order valence-corrected chi connectivity index (χ1v) is 5.72. The third-order valence-electron chi connectivity index (χ3n) is 2.48. The summed E-state index contributed by atoms with van der Waals surface area (Å²) >= 11 is 0. The fraction of sp³-hybridized carbons (Fsp3) is 0.462. The van der Waals surface area contributed by atoms with Crippen molar-refractivity contribution in [3.05, 3.63) is 35.4 Å². The third-order valence-corrected chi connectivity index (χ3v) is 2.48. The van der Waals surface area contributed by atoms with Crippen LogP contribution in [0.15, 0.2) is 24.3 Å². The summed E-state index contributed by atoms with van der Waals surface area (Å²) in [6.45, 7) is 4.54. The number of amides is 1. The lowest BCUT2D eigenvalue weighted by Crippen LogP contribution is -2.29. The van der Waals surface area contributed by atoms with Crippen molar-refractivity contribution in [2.45, 2.75) is 39.3 Å². The Morgan fingerprint density at radius 3 is 2.56 bits per heavy atom. The quantitative estimate of drug-likeness (QED) is 0.792. The second-order valence-electron chi connectivity index (χ2n) is 4.08. The van der Waals surface area contributed by atoms with Crippen LogP contribution < -0.4 is 11.1 Å². The molecule has 1 rings (SSSR count). The lowest BCUT2D eigenvalue weighted by molar-refractivity contribution is -0.121. The van der Waals surface area contributed by atoms with Crippen LogP contribution in [0.3, 0.4) is 0 Å². The lowest BCUT2D eigenvalue weighted by atomic mass is 10.1. The Hall–Kier alpha value is -1.35. The first-order chi connectivity index (χ1) is 7.63. The predicted octanol–water partition coefficient (Wildman–Crippen LogP) is 1.60. The van der Waals surface area contributed by atoms with E-state index in [0.29, 0.717) is 13.0 Å². The number of hydrogen-bond acceptors (Lipinski definition) is 2. The van der Waals surface area contributed by atoms with E-state index in [2.05, 4.69) is 18.3 Å². The SMILES string of the molecule is CCc1ccccc1CNC(=O)CC(C)N. The Balaban J connectivity index is 2.51. The van der Waals surface area contributed by atoms with Gasteiger partial charge in [-0.15, -0.1) is 0 Å². The zero-order chi connectivity index (χ0) is 12.0. The Labute approximate surface area is 97.0 Å². The molecule has 88 valence electrons. The van der Waals surface area contributed by atoms with Gasteiger partial charge in [-0.3, -0.25) is 4.79 Å². The summed E-state index contributed by atoms with van der Waals surface area (Å²) < 4.78 is 0. The smallest absolute Gasteiger partial charge is 0.221 e. The number of nitrogens with two attached hydrogens (primary N) is 1. The van der Waals surface area contributed by atoms with Gasteiger partial charge in [0, 0.05) is 19.0 Å². The fourth-order valence-corrected chi connectivity index (χ4v) is 1.63. The molecule has 0 heterocycles. The van der Waals surface area contributed by atoms with Gasteiger partial charge in [-0.1, -0.05) is 31.2 Å². The van der Waals surface area contributed by atoms with E-state index in [4.69, 9.17) is 5.73 Å². The standard InChI is InChI=1S/C13H20N2O/c1-3-11-6-4-5-7-12(11)9-15-13(16)8-10(2)14/h4-7,10H,3,8-9,14H2,1-2H3,(H,15,16). The topological polar surface area (TPSA) is 55.1 Å². The van der Waals surface area contributed by atoms with Crippen molar-refractivity contribution in [2.75, 3.05) is 0 Å². The largest absolute Gasteiger partial charge is 0.352 e. The van der Waals surface area contributed by atoms with Crippen molar-refractivity contribution in [3.8, 4) is 0 Å². The molecule has 0 aromatic heterocycles. The van der Waals surface area contributed by atoms with E-state index in [-0.39, 0.29) is 11.9 Å². The third kappa shape index (κ3) is 4.03. The molecule has 0 saturated carbocycles. The molecular formula is C13H20N2O. The fourth-order valence-electron chi connectivity index (χ4n) is 1.63. The van der Waals surface area contributed by atoms with Gasteiger partial charge in [0.2, 0.25) is 5.91 Å². The highest BCUT2D eigenvalue weighted by atomic mass is 16.1. The zero-order valence-corrected chi connectivity index (χ0v) is 9.99. The zero-order valence-electron chi connectivity index (χ0n) is 9.99. The second kappa shape index (κ2) is 6.28. The Morgan fingerprint density at radius 1 is 1.38 bits per heavy atom. The van der Waals surface area contributed by atoms with E-state index in [1.807, 2.05) is 25.1 Å². The van der Waals surface area contributed by atoms with Gasteiger partial charge >= 0.3 is 0 Å². The van der Waals surface area contributed by atoms with E-state index in [1.165, 1.54) is 11.1 Å². The number of aryl methyl sites for hydroxylation is 1. The Bertz CT molecular complexity index is 348. The number of carbonyl (C=O) groups is 1. The minimum absolute atomic E-state index is 0.0147. The van der Waals surface area contributed by atoms with Gasteiger partial charge in [-0.2, -0.15) is 0 Å². The number of hydrogen-bond donors (Lipinski definition) is 2. The van der Waals surface area contributed by atoms with E-state index in [0.717, 1.165) is 6.42 Å². The summed E-state index contributed by atoms with van der Waals surface area (Å²) in [5.41, 5.74) is 8.02. The van der Waals surface area contributed by atoms with Gasteiger partial charge in [0.1, 0.15) is 0 Å². The van der Waals surface area contributed by atoms with Gasteiger partial charge in [0.25, 0.3) is 0 Å². The van der Waals surface area contributed by atoms with Crippen LogP contribution in [0, 0.1) is 0 Å². The number of nitrogens with one attached hydrogen (secondary N) is 1. The molecule has 3 heteroatoms. The number of rotatable bonds is 5. The molecule has 1 atom stereocenters. The molecule has 0 aliphatic heterocycles. The summed E-state index contributed by atoms with van der Waals surface area (Å²) in [7, 11) is 0. The van der Waals surface area contributed by atoms with Gasteiger partial charge in [-0.05, 0) is 24.5 Å². The monoisotopic (exact) mass is 220 g/mol. The van der Waals surface area contributed by atoms with Crippen molar-refractivity contribution in [1.82, 2.24) is 5.32 Å². The first kappa shape index (κ1) is 12.7. The predicted molar refractivity (Wildman–Crippen MR) is 65.9 cm³/mol. The lowest BCUT2D eigenvalue weighted by Gasteiger charge is -2.10. The highest BCUT2D eigenvalue weighted by Gasteiger charge is 2.05. The summed E-state index contributed by atoms with van der Waals surface area (Å²) in [6, 6.07) is 8.07. The molecule has 0 radical (unpaired) electrons. The number of benzene rings is 1. The van der Waals surface area contributed by atoms with Crippen LogP contribution in [-0.4, -0.2) is 11.9 Å². The van der Waals surface area contributed by atoms with E-state index >= 15 is 0 Å². The van der Waals surface area contributed by atoms with Crippen molar-refractivity contribution in [3.63, 3.8) is 0 Å². The Kier molecular flexibility index (Phi) is 4.99. The van der Waals surface area contributed by atoms with Gasteiger partial charge in [0.15, 0.2) is 0 Å². The molecule has 0 aliphatic carbocycles. The molecular weight excluding hydrogens is 200 g/mol. The molecule has 1 aromatic carbocycles. The maximum Gasteiger partial charge on any atom is 0.221 e. The average Bonchev–Trinajstić information content (AvgIpc) is 2.26. The normalized spacial score (nSPS) is 12.2.